The van der Waals surface area contributed by atoms with Crippen molar-refractivity contribution in [3.05, 3.63) is 59.3 Å². The van der Waals surface area contributed by atoms with E-state index in [2.05, 4.69) is 6.58 Å². The normalized spacial score (nSPS) is 11.5. The van der Waals surface area contributed by atoms with Gasteiger partial charge >= 0.3 is 5.97 Å². The molecule has 2 rings (SSSR count). The van der Waals surface area contributed by atoms with E-state index in [4.69, 9.17) is 26.0 Å². The fourth-order valence-electron chi connectivity index (χ4n) is 1.70. The first-order valence-electron chi connectivity index (χ1n) is 6.17. The Balaban J connectivity index is 2.15. The van der Waals surface area contributed by atoms with Crippen molar-refractivity contribution in [2.75, 3.05) is 0 Å². The van der Waals surface area contributed by atoms with Gasteiger partial charge in [0.05, 0.1) is 0 Å². The first-order valence-corrected chi connectivity index (χ1v) is 6.54. The van der Waals surface area contributed by atoms with Crippen LogP contribution in [-0.2, 0) is 9.53 Å². The maximum atomic E-state index is 11.5. The molecule has 1 aromatic carbocycles. The molecule has 0 radical (unpaired) electrons. The van der Waals surface area contributed by atoms with Gasteiger partial charge in [-0.25, -0.2) is 4.79 Å². The van der Waals surface area contributed by atoms with Gasteiger partial charge in [-0.2, -0.15) is 5.26 Å². The van der Waals surface area contributed by atoms with E-state index in [-0.39, 0.29) is 5.57 Å². The number of nitrogens with zero attached hydrogens (tertiary/aromatic N) is 1. The summed E-state index contributed by atoms with van der Waals surface area (Å²) >= 11 is 5.93. The van der Waals surface area contributed by atoms with Crippen molar-refractivity contribution in [1.82, 2.24) is 0 Å². The fourth-order valence-corrected chi connectivity index (χ4v) is 1.89. The predicted octanol–water partition coefficient (Wildman–Crippen LogP) is 4.28. The molecule has 0 bridgehead atoms. The van der Waals surface area contributed by atoms with Gasteiger partial charge in [-0.1, -0.05) is 30.3 Å². The summed E-state index contributed by atoms with van der Waals surface area (Å²) in [5.41, 5.74) is 0.581. The van der Waals surface area contributed by atoms with Crippen molar-refractivity contribution in [2.45, 2.75) is 13.0 Å². The topological polar surface area (TPSA) is 63.2 Å². The number of hydrogen-bond donors (Lipinski definition) is 0. The molecule has 21 heavy (non-hydrogen) atoms. The summed E-state index contributed by atoms with van der Waals surface area (Å²) in [4.78, 5) is 11.5. The zero-order valence-electron chi connectivity index (χ0n) is 11.3. The molecular weight excluding hydrogens is 290 g/mol. The average molecular weight is 302 g/mol. The second-order valence-electron chi connectivity index (χ2n) is 4.35. The Morgan fingerprint density at radius 3 is 2.86 bits per heavy atom. The van der Waals surface area contributed by atoms with Crippen molar-refractivity contribution < 1.29 is 13.9 Å². The van der Waals surface area contributed by atoms with Gasteiger partial charge in [0, 0.05) is 10.6 Å². The number of rotatable bonds is 4. The monoisotopic (exact) mass is 301 g/mol. The molecule has 1 atom stereocenters. The molecule has 0 aliphatic heterocycles. The molecule has 0 aliphatic carbocycles. The van der Waals surface area contributed by atoms with Gasteiger partial charge in [0.15, 0.2) is 6.10 Å². The average Bonchev–Trinajstić information content (AvgIpc) is 2.96. The minimum absolute atomic E-state index is 0.247. The summed E-state index contributed by atoms with van der Waals surface area (Å²) in [6.07, 6.45) is -0.615. The molecular formula is C16H12ClNO3. The second kappa shape index (κ2) is 6.29. The highest BCUT2D eigenvalue weighted by atomic mass is 35.5. The largest absolute Gasteiger partial charge is 0.457 e. The van der Waals surface area contributed by atoms with Crippen LogP contribution in [0.5, 0.6) is 0 Å². The Labute approximate surface area is 127 Å². The fraction of sp³-hybridized carbons (Fsp3) is 0.125. The van der Waals surface area contributed by atoms with Gasteiger partial charge in [0.2, 0.25) is 0 Å². The lowest BCUT2D eigenvalue weighted by Gasteiger charge is -2.09. The predicted molar refractivity (Wildman–Crippen MR) is 78.4 cm³/mol. The van der Waals surface area contributed by atoms with Crippen LogP contribution in [0, 0.1) is 11.3 Å². The third kappa shape index (κ3) is 3.53. The third-order valence-corrected chi connectivity index (χ3v) is 3.04. The molecule has 5 heteroatoms. The zero-order chi connectivity index (χ0) is 15.4. The van der Waals surface area contributed by atoms with Gasteiger partial charge in [0.1, 0.15) is 23.2 Å². The van der Waals surface area contributed by atoms with Crippen molar-refractivity contribution >= 4 is 17.6 Å². The molecule has 0 aliphatic rings. The van der Waals surface area contributed by atoms with Gasteiger partial charge in [-0.05, 0) is 31.2 Å². The molecule has 2 aromatic rings. The molecule has 0 N–H and O–H groups in total. The van der Waals surface area contributed by atoms with Crippen LogP contribution in [0.25, 0.3) is 11.3 Å². The van der Waals surface area contributed by atoms with Crippen molar-refractivity contribution in [3.8, 4) is 17.4 Å². The second-order valence-corrected chi connectivity index (χ2v) is 4.79. The van der Waals surface area contributed by atoms with E-state index < -0.39 is 12.1 Å². The number of hydrogen-bond acceptors (Lipinski definition) is 4. The van der Waals surface area contributed by atoms with E-state index in [1.165, 1.54) is 0 Å². The summed E-state index contributed by atoms with van der Waals surface area (Å²) in [5, 5.41) is 9.19. The number of carbonyl (C=O) groups excluding carboxylic acids is 1. The number of furan rings is 1. The number of ether oxygens (including phenoxy) is 1. The standard InChI is InChI=1S/C16H12ClNO3/c1-10(9-18)16(19)20-11(2)14-6-7-15(21-14)12-4-3-5-13(17)8-12/h3-8,11H,1H2,2H3. The lowest BCUT2D eigenvalue weighted by molar-refractivity contribution is -0.144. The van der Waals surface area contributed by atoms with Crippen LogP contribution in [0.1, 0.15) is 18.8 Å². The molecule has 0 amide bonds. The molecule has 1 unspecified atom stereocenters. The lowest BCUT2D eigenvalue weighted by atomic mass is 10.2. The SMILES string of the molecule is C=C(C#N)C(=O)OC(C)c1ccc(-c2cccc(Cl)c2)o1. The summed E-state index contributed by atoms with van der Waals surface area (Å²) in [6, 6.07) is 12.4. The molecule has 106 valence electrons. The van der Waals surface area contributed by atoms with Crippen LogP contribution in [0.3, 0.4) is 0 Å². The summed E-state index contributed by atoms with van der Waals surface area (Å²) in [5.74, 6) is 0.337. The van der Waals surface area contributed by atoms with Gasteiger partial charge in [-0.3, -0.25) is 0 Å². The van der Waals surface area contributed by atoms with E-state index in [9.17, 15) is 4.79 Å². The Morgan fingerprint density at radius 1 is 1.43 bits per heavy atom. The van der Waals surface area contributed by atoms with E-state index >= 15 is 0 Å². The summed E-state index contributed by atoms with van der Waals surface area (Å²) in [6.45, 7) is 4.96. The summed E-state index contributed by atoms with van der Waals surface area (Å²) in [7, 11) is 0. The molecule has 1 aromatic heterocycles. The zero-order valence-corrected chi connectivity index (χ0v) is 12.1. The molecule has 0 saturated heterocycles. The highest BCUT2D eigenvalue weighted by Crippen LogP contribution is 2.28. The number of carbonyl (C=O) groups is 1. The molecule has 4 nitrogen and oxygen atoms in total. The Hall–Kier alpha value is -2.51. The van der Waals surface area contributed by atoms with Gasteiger partial charge < -0.3 is 9.15 Å². The van der Waals surface area contributed by atoms with Crippen molar-refractivity contribution in [2.24, 2.45) is 0 Å². The van der Waals surface area contributed by atoms with Gasteiger partial charge in [-0.15, -0.1) is 0 Å². The molecule has 1 heterocycles. The number of benzene rings is 1. The maximum absolute atomic E-state index is 11.5. The van der Waals surface area contributed by atoms with Crippen molar-refractivity contribution in [1.29, 1.82) is 5.26 Å². The number of esters is 1. The van der Waals surface area contributed by atoms with E-state index in [1.54, 1.807) is 37.3 Å². The van der Waals surface area contributed by atoms with Crippen LogP contribution in [0.15, 0.2) is 53.0 Å². The molecule has 0 spiro atoms. The number of halogens is 1. The van der Waals surface area contributed by atoms with E-state index in [0.717, 1.165) is 5.56 Å². The van der Waals surface area contributed by atoms with Crippen LogP contribution in [0.4, 0.5) is 0 Å². The highest BCUT2D eigenvalue weighted by molar-refractivity contribution is 6.30. The van der Waals surface area contributed by atoms with Crippen molar-refractivity contribution in [3.63, 3.8) is 0 Å². The maximum Gasteiger partial charge on any atom is 0.348 e. The minimum atomic E-state index is -0.759. The van der Waals surface area contributed by atoms with Crippen LogP contribution in [-0.4, -0.2) is 5.97 Å². The first-order chi connectivity index (χ1) is 10.0. The Morgan fingerprint density at radius 2 is 2.19 bits per heavy atom. The van der Waals surface area contributed by atoms with Crippen LogP contribution < -0.4 is 0 Å². The quantitative estimate of drug-likeness (QED) is 0.480. The number of nitriles is 1. The smallest absolute Gasteiger partial charge is 0.348 e. The third-order valence-electron chi connectivity index (χ3n) is 2.80. The van der Waals surface area contributed by atoms with Crippen LogP contribution >= 0.6 is 11.6 Å². The Kier molecular flexibility index (Phi) is 4.46. The first kappa shape index (κ1) is 14.9. The molecule has 0 saturated carbocycles. The van der Waals surface area contributed by atoms with Gasteiger partial charge in [0.25, 0.3) is 0 Å². The van der Waals surface area contributed by atoms with Crippen LogP contribution in [0.2, 0.25) is 5.02 Å². The Bertz CT molecular complexity index is 727. The highest BCUT2D eigenvalue weighted by Gasteiger charge is 2.17. The van der Waals surface area contributed by atoms with E-state index in [1.807, 2.05) is 12.1 Å². The minimum Gasteiger partial charge on any atom is -0.457 e. The van der Waals surface area contributed by atoms with E-state index in [0.29, 0.717) is 16.5 Å². The molecule has 0 fully saturated rings. The lowest BCUT2D eigenvalue weighted by Crippen LogP contribution is -2.09. The summed E-state index contributed by atoms with van der Waals surface area (Å²) < 4.78 is 10.7.